The van der Waals surface area contributed by atoms with Crippen LogP contribution in [0.5, 0.6) is 17.2 Å². The van der Waals surface area contributed by atoms with Crippen LogP contribution >= 0.6 is 0 Å². The van der Waals surface area contributed by atoms with Crippen LogP contribution in [0.4, 0.5) is 0 Å². The molecule has 28 heavy (non-hydrogen) atoms. The first-order chi connectivity index (χ1) is 13.5. The van der Waals surface area contributed by atoms with Crippen molar-refractivity contribution < 1.29 is 19.3 Å². The zero-order chi connectivity index (χ0) is 20.6. The number of hydrogen-bond donors (Lipinski definition) is 1. The predicted octanol–water partition coefficient (Wildman–Crippen LogP) is 5.73. The Balaban J connectivity index is 2.37. The first-order valence-electron chi connectivity index (χ1n) is 10.5. The highest BCUT2D eigenvalue weighted by Crippen LogP contribution is 2.37. The quantitative estimate of drug-likeness (QED) is 0.470. The van der Waals surface area contributed by atoms with Crippen LogP contribution in [0.2, 0.25) is 0 Å². The SMILES string of the molecule is CCCCC(O)(CCC)Oc1ccnc2cc(OCC(C)CC)c(OC)cc12. The lowest BCUT2D eigenvalue weighted by molar-refractivity contribution is -0.148. The third kappa shape index (κ3) is 5.74. The number of benzene rings is 1. The standard InChI is InChI=1S/C23H35NO4/c1-6-9-12-23(25,11-7-2)28-20-10-13-24-19-15-22(27-16-17(4)8-3)21(26-5)14-18(19)20/h10,13-15,17,25H,6-9,11-12,16H2,1-5H3. The molecule has 0 amide bonds. The highest BCUT2D eigenvalue weighted by molar-refractivity contribution is 5.88. The van der Waals surface area contributed by atoms with E-state index in [2.05, 4.69) is 32.7 Å². The summed E-state index contributed by atoms with van der Waals surface area (Å²) in [6, 6.07) is 5.57. The van der Waals surface area contributed by atoms with Crippen LogP contribution < -0.4 is 14.2 Å². The summed E-state index contributed by atoms with van der Waals surface area (Å²) in [5.41, 5.74) is 0.756. The van der Waals surface area contributed by atoms with Crippen LogP contribution in [-0.2, 0) is 0 Å². The molecule has 0 aliphatic heterocycles. The second-order valence-corrected chi connectivity index (χ2v) is 7.56. The summed E-state index contributed by atoms with van der Waals surface area (Å²) in [4.78, 5) is 4.47. The van der Waals surface area contributed by atoms with Gasteiger partial charge in [0.2, 0.25) is 5.79 Å². The van der Waals surface area contributed by atoms with Crippen molar-refractivity contribution in [2.24, 2.45) is 5.92 Å². The van der Waals surface area contributed by atoms with Gasteiger partial charge in [-0.25, -0.2) is 0 Å². The molecule has 0 fully saturated rings. The molecule has 0 spiro atoms. The average molecular weight is 390 g/mol. The first-order valence-corrected chi connectivity index (χ1v) is 10.5. The highest BCUT2D eigenvalue weighted by Gasteiger charge is 2.28. The third-order valence-corrected chi connectivity index (χ3v) is 5.07. The number of pyridine rings is 1. The molecule has 1 aromatic carbocycles. The van der Waals surface area contributed by atoms with Gasteiger partial charge in [0.25, 0.3) is 0 Å². The minimum Gasteiger partial charge on any atom is -0.493 e. The number of fused-ring (bicyclic) bond motifs is 1. The van der Waals surface area contributed by atoms with E-state index in [1.807, 2.05) is 12.1 Å². The summed E-state index contributed by atoms with van der Waals surface area (Å²) < 4.78 is 17.6. The second kappa shape index (κ2) is 10.5. The van der Waals surface area contributed by atoms with E-state index in [4.69, 9.17) is 14.2 Å². The zero-order valence-corrected chi connectivity index (χ0v) is 18.0. The van der Waals surface area contributed by atoms with E-state index in [-0.39, 0.29) is 0 Å². The first kappa shape index (κ1) is 22.3. The van der Waals surface area contributed by atoms with E-state index < -0.39 is 5.79 Å². The van der Waals surface area contributed by atoms with Crippen LogP contribution in [0.1, 0.15) is 66.2 Å². The molecule has 1 N–H and O–H groups in total. The fourth-order valence-electron chi connectivity index (χ4n) is 3.12. The van der Waals surface area contributed by atoms with Crippen molar-refractivity contribution in [3.8, 4) is 17.2 Å². The smallest absolute Gasteiger partial charge is 0.208 e. The van der Waals surface area contributed by atoms with E-state index in [9.17, 15) is 5.11 Å². The molecule has 5 heteroatoms. The molecule has 2 unspecified atom stereocenters. The molecule has 0 radical (unpaired) electrons. The van der Waals surface area contributed by atoms with Crippen LogP contribution in [0.15, 0.2) is 24.4 Å². The van der Waals surface area contributed by atoms with Crippen LogP contribution in [0, 0.1) is 5.92 Å². The van der Waals surface area contributed by atoms with Crippen molar-refractivity contribution >= 4 is 10.9 Å². The van der Waals surface area contributed by atoms with Crippen molar-refractivity contribution in [2.45, 2.75) is 72.0 Å². The maximum atomic E-state index is 11.0. The number of aliphatic hydroxyl groups is 1. The van der Waals surface area contributed by atoms with E-state index in [0.717, 1.165) is 36.6 Å². The lowest BCUT2D eigenvalue weighted by Crippen LogP contribution is -2.35. The van der Waals surface area contributed by atoms with Crippen molar-refractivity contribution in [2.75, 3.05) is 13.7 Å². The topological polar surface area (TPSA) is 60.8 Å². The van der Waals surface area contributed by atoms with Gasteiger partial charge < -0.3 is 19.3 Å². The summed E-state index contributed by atoms with van der Waals surface area (Å²) in [5.74, 6) is 1.23. The van der Waals surface area contributed by atoms with Gasteiger partial charge in [-0.2, -0.15) is 0 Å². The molecule has 1 aromatic heterocycles. The monoisotopic (exact) mass is 389 g/mol. The Morgan fingerprint density at radius 2 is 1.86 bits per heavy atom. The van der Waals surface area contributed by atoms with Crippen molar-refractivity contribution in [1.82, 2.24) is 4.98 Å². The van der Waals surface area contributed by atoms with E-state index >= 15 is 0 Å². The molecule has 2 aromatic rings. The normalized spacial score (nSPS) is 14.5. The number of unbranched alkanes of at least 4 members (excludes halogenated alkanes) is 1. The maximum Gasteiger partial charge on any atom is 0.208 e. The Bertz CT molecular complexity index is 749. The number of hydrogen-bond acceptors (Lipinski definition) is 5. The fourth-order valence-corrected chi connectivity index (χ4v) is 3.12. The van der Waals surface area contributed by atoms with Crippen molar-refractivity contribution in [3.63, 3.8) is 0 Å². The van der Waals surface area contributed by atoms with Gasteiger partial charge in [-0.15, -0.1) is 0 Å². The summed E-state index contributed by atoms with van der Waals surface area (Å²) in [6.07, 6.45) is 6.72. The summed E-state index contributed by atoms with van der Waals surface area (Å²) in [6.45, 7) is 9.09. The number of rotatable bonds is 12. The number of aromatic nitrogens is 1. The summed E-state index contributed by atoms with van der Waals surface area (Å²) in [5, 5.41) is 11.8. The molecule has 156 valence electrons. The fraction of sp³-hybridized carbons (Fsp3) is 0.609. The van der Waals surface area contributed by atoms with Crippen LogP contribution in [0.25, 0.3) is 10.9 Å². The zero-order valence-electron chi connectivity index (χ0n) is 18.0. The van der Waals surface area contributed by atoms with Gasteiger partial charge in [0.15, 0.2) is 11.5 Å². The summed E-state index contributed by atoms with van der Waals surface area (Å²) >= 11 is 0. The average Bonchev–Trinajstić information content (AvgIpc) is 2.70. The van der Waals surface area contributed by atoms with E-state index in [1.54, 1.807) is 19.4 Å². The van der Waals surface area contributed by atoms with Gasteiger partial charge in [-0.05, 0) is 30.9 Å². The minimum absolute atomic E-state index is 0.464. The lowest BCUT2D eigenvalue weighted by atomic mass is 10.0. The van der Waals surface area contributed by atoms with Crippen molar-refractivity contribution in [3.05, 3.63) is 24.4 Å². The third-order valence-electron chi connectivity index (χ3n) is 5.07. The highest BCUT2D eigenvalue weighted by atomic mass is 16.6. The largest absolute Gasteiger partial charge is 0.493 e. The Kier molecular flexibility index (Phi) is 8.36. The van der Waals surface area contributed by atoms with Crippen molar-refractivity contribution in [1.29, 1.82) is 0 Å². The van der Waals surface area contributed by atoms with E-state index in [1.165, 1.54) is 0 Å². The minimum atomic E-state index is -1.17. The molecular formula is C23H35NO4. The molecule has 0 aliphatic rings. The number of nitrogens with zero attached hydrogens (tertiary/aromatic N) is 1. The summed E-state index contributed by atoms with van der Waals surface area (Å²) in [7, 11) is 1.63. The van der Waals surface area contributed by atoms with Gasteiger partial charge in [-0.1, -0.05) is 40.5 Å². The molecule has 0 saturated carbocycles. The molecular weight excluding hydrogens is 354 g/mol. The Morgan fingerprint density at radius 3 is 2.50 bits per heavy atom. The second-order valence-electron chi connectivity index (χ2n) is 7.56. The number of methoxy groups -OCH3 is 1. The maximum absolute atomic E-state index is 11.0. The van der Waals surface area contributed by atoms with Crippen LogP contribution in [0.3, 0.4) is 0 Å². The van der Waals surface area contributed by atoms with E-state index in [0.29, 0.717) is 42.6 Å². The molecule has 1 heterocycles. The molecule has 0 aliphatic carbocycles. The molecule has 2 rings (SSSR count). The lowest BCUT2D eigenvalue weighted by Gasteiger charge is -2.29. The Labute approximate surface area is 169 Å². The molecule has 0 bridgehead atoms. The number of ether oxygens (including phenoxy) is 3. The van der Waals surface area contributed by atoms with Gasteiger partial charge in [0, 0.05) is 30.5 Å². The van der Waals surface area contributed by atoms with Crippen LogP contribution in [-0.4, -0.2) is 29.6 Å². The molecule has 0 saturated heterocycles. The van der Waals surface area contributed by atoms with Gasteiger partial charge in [-0.3, -0.25) is 4.98 Å². The van der Waals surface area contributed by atoms with Gasteiger partial charge in [0.1, 0.15) is 5.75 Å². The predicted molar refractivity (Wildman–Crippen MR) is 113 cm³/mol. The Hall–Kier alpha value is -2.01. The van der Waals surface area contributed by atoms with Gasteiger partial charge >= 0.3 is 0 Å². The molecule has 2 atom stereocenters. The van der Waals surface area contributed by atoms with Gasteiger partial charge in [0.05, 0.1) is 19.2 Å². The molecule has 5 nitrogen and oxygen atoms in total. The Morgan fingerprint density at radius 1 is 1.07 bits per heavy atom.